The Bertz CT molecular complexity index is 347. The number of para-hydroxylation sites is 1. The van der Waals surface area contributed by atoms with Gasteiger partial charge in [-0.15, -0.1) is 0 Å². The van der Waals surface area contributed by atoms with Gasteiger partial charge in [-0.1, -0.05) is 18.2 Å². The van der Waals surface area contributed by atoms with Crippen LogP contribution in [0, 0.1) is 0 Å². The molecule has 0 fully saturated rings. The van der Waals surface area contributed by atoms with E-state index in [-0.39, 0.29) is 5.56 Å². The summed E-state index contributed by atoms with van der Waals surface area (Å²) in [5.41, 5.74) is 6.00. The molecule has 0 aromatic heterocycles. The van der Waals surface area contributed by atoms with Crippen LogP contribution in [-0.2, 0) is 0 Å². The van der Waals surface area contributed by atoms with Crippen molar-refractivity contribution in [2.75, 3.05) is 25.5 Å². The first kappa shape index (κ1) is 12.8. The van der Waals surface area contributed by atoms with Crippen LogP contribution in [-0.4, -0.2) is 26.8 Å². The molecule has 1 aromatic carbocycles. The Kier molecular flexibility index (Phi) is 3.80. The number of hydrogen-bond acceptors (Lipinski definition) is 2. The van der Waals surface area contributed by atoms with Gasteiger partial charge < -0.3 is 10.6 Å². The molecule has 0 aliphatic heterocycles. The van der Waals surface area contributed by atoms with Crippen LogP contribution in [0.15, 0.2) is 24.3 Å². The SMILES string of the molecule is CN(C)c1ccccc1C(CN)C(F)(F)F. The second-order valence-electron chi connectivity index (χ2n) is 3.78. The summed E-state index contributed by atoms with van der Waals surface area (Å²) in [6.45, 7) is -0.436. The second kappa shape index (κ2) is 4.74. The summed E-state index contributed by atoms with van der Waals surface area (Å²) >= 11 is 0. The zero-order chi connectivity index (χ0) is 12.3. The first-order valence-corrected chi connectivity index (χ1v) is 4.91. The Hall–Kier alpha value is -1.23. The number of nitrogens with two attached hydrogens (primary N) is 1. The highest BCUT2D eigenvalue weighted by molar-refractivity contribution is 5.54. The molecule has 1 atom stereocenters. The average Bonchev–Trinajstić information content (AvgIpc) is 2.17. The molecule has 0 saturated carbocycles. The van der Waals surface area contributed by atoms with Gasteiger partial charge in [0.1, 0.15) is 0 Å². The van der Waals surface area contributed by atoms with Crippen molar-refractivity contribution in [3.63, 3.8) is 0 Å². The van der Waals surface area contributed by atoms with Gasteiger partial charge >= 0.3 is 6.18 Å². The summed E-state index contributed by atoms with van der Waals surface area (Å²) in [5.74, 6) is -1.61. The van der Waals surface area contributed by atoms with Gasteiger partial charge in [-0.3, -0.25) is 0 Å². The van der Waals surface area contributed by atoms with E-state index in [2.05, 4.69) is 0 Å². The van der Waals surface area contributed by atoms with E-state index in [0.29, 0.717) is 5.69 Å². The molecule has 0 radical (unpaired) electrons. The summed E-state index contributed by atoms with van der Waals surface area (Å²) < 4.78 is 38.3. The minimum absolute atomic E-state index is 0.225. The van der Waals surface area contributed by atoms with Crippen LogP contribution in [0.1, 0.15) is 11.5 Å². The molecule has 5 heteroatoms. The lowest BCUT2D eigenvalue weighted by molar-refractivity contribution is -0.148. The Morgan fingerprint density at radius 1 is 1.25 bits per heavy atom. The fourth-order valence-electron chi connectivity index (χ4n) is 1.63. The largest absolute Gasteiger partial charge is 0.397 e. The van der Waals surface area contributed by atoms with Crippen molar-refractivity contribution >= 4 is 5.69 Å². The number of benzene rings is 1. The van der Waals surface area contributed by atoms with Crippen molar-refractivity contribution in [1.82, 2.24) is 0 Å². The van der Waals surface area contributed by atoms with Gasteiger partial charge in [-0.05, 0) is 11.6 Å². The predicted molar refractivity (Wildman–Crippen MR) is 58.6 cm³/mol. The van der Waals surface area contributed by atoms with Crippen molar-refractivity contribution in [3.05, 3.63) is 29.8 Å². The van der Waals surface area contributed by atoms with Gasteiger partial charge in [0.15, 0.2) is 0 Å². The summed E-state index contributed by atoms with van der Waals surface area (Å²) in [6.07, 6.45) is -4.30. The molecule has 90 valence electrons. The number of halogens is 3. The van der Waals surface area contributed by atoms with E-state index >= 15 is 0 Å². The highest BCUT2D eigenvalue weighted by Crippen LogP contribution is 2.37. The van der Waals surface area contributed by atoms with Crippen LogP contribution in [0.3, 0.4) is 0 Å². The van der Waals surface area contributed by atoms with Gasteiger partial charge in [-0.25, -0.2) is 0 Å². The molecule has 0 heterocycles. The van der Waals surface area contributed by atoms with Gasteiger partial charge in [0, 0.05) is 26.3 Å². The maximum Gasteiger partial charge on any atom is 0.397 e. The lowest BCUT2D eigenvalue weighted by atomic mass is 9.96. The number of nitrogens with zero attached hydrogens (tertiary/aromatic N) is 1. The van der Waals surface area contributed by atoms with E-state index in [4.69, 9.17) is 5.73 Å². The summed E-state index contributed by atoms with van der Waals surface area (Å²) in [6, 6.07) is 6.43. The summed E-state index contributed by atoms with van der Waals surface area (Å²) in [7, 11) is 3.42. The lowest BCUT2D eigenvalue weighted by Crippen LogP contribution is -2.29. The first-order chi connectivity index (χ1) is 7.38. The second-order valence-corrected chi connectivity index (χ2v) is 3.78. The van der Waals surface area contributed by atoms with Gasteiger partial charge in [-0.2, -0.15) is 13.2 Å². The average molecular weight is 232 g/mol. The monoisotopic (exact) mass is 232 g/mol. The zero-order valence-corrected chi connectivity index (χ0v) is 9.25. The zero-order valence-electron chi connectivity index (χ0n) is 9.25. The molecule has 2 nitrogen and oxygen atoms in total. The highest BCUT2D eigenvalue weighted by Gasteiger charge is 2.40. The molecular weight excluding hydrogens is 217 g/mol. The highest BCUT2D eigenvalue weighted by atomic mass is 19.4. The van der Waals surface area contributed by atoms with Crippen LogP contribution < -0.4 is 10.6 Å². The van der Waals surface area contributed by atoms with Gasteiger partial charge in [0.2, 0.25) is 0 Å². The minimum atomic E-state index is -4.30. The maximum atomic E-state index is 12.8. The molecule has 16 heavy (non-hydrogen) atoms. The Morgan fingerprint density at radius 2 is 1.81 bits per heavy atom. The fourth-order valence-corrected chi connectivity index (χ4v) is 1.63. The normalized spacial score (nSPS) is 13.6. The number of anilines is 1. The Labute approximate surface area is 92.9 Å². The molecule has 0 bridgehead atoms. The Balaban J connectivity index is 3.20. The molecule has 0 saturated heterocycles. The van der Waals surface area contributed by atoms with Crippen molar-refractivity contribution in [2.45, 2.75) is 12.1 Å². The smallest absolute Gasteiger partial charge is 0.377 e. The lowest BCUT2D eigenvalue weighted by Gasteiger charge is -2.24. The van der Waals surface area contributed by atoms with Crippen molar-refractivity contribution in [3.8, 4) is 0 Å². The topological polar surface area (TPSA) is 29.3 Å². The third-order valence-corrected chi connectivity index (χ3v) is 2.42. The molecule has 0 aliphatic rings. The van der Waals surface area contributed by atoms with Crippen molar-refractivity contribution < 1.29 is 13.2 Å². The van der Waals surface area contributed by atoms with E-state index in [0.717, 1.165) is 0 Å². The molecular formula is C11H15F3N2. The molecule has 2 N–H and O–H groups in total. The summed E-state index contributed by atoms with van der Waals surface area (Å²) in [4.78, 5) is 1.66. The van der Waals surface area contributed by atoms with Crippen molar-refractivity contribution in [2.24, 2.45) is 5.73 Å². The van der Waals surface area contributed by atoms with Gasteiger partial charge in [0.05, 0.1) is 5.92 Å². The number of rotatable bonds is 3. The van der Waals surface area contributed by atoms with Crippen LogP contribution in [0.25, 0.3) is 0 Å². The van der Waals surface area contributed by atoms with Crippen molar-refractivity contribution in [1.29, 1.82) is 0 Å². The standard InChI is InChI=1S/C11H15F3N2/c1-16(2)10-6-4-3-5-8(10)9(7-15)11(12,13)14/h3-6,9H,7,15H2,1-2H3. The minimum Gasteiger partial charge on any atom is -0.377 e. The molecule has 0 aliphatic carbocycles. The van der Waals surface area contributed by atoms with E-state index < -0.39 is 18.6 Å². The number of hydrogen-bond donors (Lipinski definition) is 1. The molecule has 0 amide bonds. The molecule has 1 rings (SSSR count). The molecule has 0 spiro atoms. The molecule has 1 aromatic rings. The first-order valence-electron chi connectivity index (χ1n) is 4.91. The van der Waals surface area contributed by atoms with E-state index in [9.17, 15) is 13.2 Å². The summed E-state index contributed by atoms with van der Waals surface area (Å²) in [5, 5.41) is 0. The van der Waals surface area contributed by atoms with Crippen LogP contribution >= 0.6 is 0 Å². The van der Waals surface area contributed by atoms with Crippen LogP contribution in [0.4, 0.5) is 18.9 Å². The van der Waals surface area contributed by atoms with Crippen LogP contribution in [0.2, 0.25) is 0 Å². The van der Waals surface area contributed by atoms with Gasteiger partial charge in [0.25, 0.3) is 0 Å². The quantitative estimate of drug-likeness (QED) is 0.866. The third kappa shape index (κ3) is 2.66. The molecule has 1 unspecified atom stereocenters. The third-order valence-electron chi connectivity index (χ3n) is 2.42. The van der Waals surface area contributed by atoms with Crippen LogP contribution in [0.5, 0.6) is 0 Å². The Morgan fingerprint density at radius 3 is 2.25 bits per heavy atom. The maximum absolute atomic E-state index is 12.8. The van der Waals surface area contributed by atoms with E-state index in [1.54, 1.807) is 37.2 Å². The van der Waals surface area contributed by atoms with E-state index in [1.165, 1.54) is 6.07 Å². The fraction of sp³-hybridized carbons (Fsp3) is 0.455. The number of alkyl halides is 3. The van der Waals surface area contributed by atoms with E-state index in [1.807, 2.05) is 0 Å². The predicted octanol–water partition coefficient (Wildman–Crippen LogP) is 2.36.